The minimum absolute atomic E-state index is 0.0150. The van der Waals surface area contributed by atoms with Crippen LogP contribution in [0.1, 0.15) is 44.2 Å². The molecule has 1 aliphatic rings. The van der Waals surface area contributed by atoms with E-state index in [1.54, 1.807) is 0 Å². The molecular weight excluding hydrogens is 304 g/mol. The summed E-state index contributed by atoms with van der Waals surface area (Å²) in [4.78, 5) is 12.3. The van der Waals surface area contributed by atoms with Crippen LogP contribution in [0.2, 0.25) is 0 Å². The monoisotopic (exact) mass is 324 g/mol. The highest BCUT2D eigenvalue weighted by Crippen LogP contribution is 2.26. The molecule has 1 aromatic rings. The highest BCUT2D eigenvalue weighted by molar-refractivity contribution is 9.10. The second kappa shape index (κ2) is 6.53. The van der Waals surface area contributed by atoms with Crippen LogP contribution in [0.3, 0.4) is 0 Å². The number of nitrogens with one attached hydrogen (secondary N) is 1. The second-order valence-electron chi connectivity index (χ2n) is 5.38. The van der Waals surface area contributed by atoms with E-state index in [9.17, 15) is 4.79 Å². The van der Waals surface area contributed by atoms with Crippen LogP contribution in [0.5, 0.6) is 0 Å². The first-order valence-corrected chi connectivity index (χ1v) is 7.67. The van der Waals surface area contributed by atoms with E-state index >= 15 is 0 Å². The van der Waals surface area contributed by atoms with E-state index in [2.05, 4.69) is 21.2 Å². The molecule has 104 valence electrons. The summed E-state index contributed by atoms with van der Waals surface area (Å²) in [5, 5.41) is 3.10. The lowest BCUT2D eigenvalue weighted by Crippen LogP contribution is -2.38. The summed E-state index contributed by atoms with van der Waals surface area (Å²) in [6.45, 7) is 2.01. The van der Waals surface area contributed by atoms with Crippen LogP contribution in [0.25, 0.3) is 0 Å². The van der Waals surface area contributed by atoms with Gasteiger partial charge in [0, 0.05) is 16.4 Å². The van der Waals surface area contributed by atoms with Gasteiger partial charge in [-0.2, -0.15) is 0 Å². The lowest BCUT2D eigenvalue weighted by atomic mass is 9.85. The van der Waals surface area contributed by atoms with Crippen molar-refractivity contribution in [3.63, 3.8) is 0 Å². The zero-order valence-corrected chi connectivity index (χ0v) is 12.8. The number of hydrogen-bond acceptors (Lipinski definition) is 2. The Hall–Kier alpha value is -0.870. The van der Waals surface area contributed by atoms with E-state index in [4.69, 9.17) is 5.73 Å². The molecule has 1 aliphatic carbocycles. The van der Waals surface area contributed by atoms with Crippen molar-refractivity contribution < 1.29 is 4.79 Å². The Morgan fingerprint density at radius 2 is 2.16 bits per heavy atom. The average molecular weight is 325 g/mol. The van der Waals surface area contributed by atoms with E-state index in [1.807, 2.05) is 31.2 Å². The molecule has 1 aromatic carbocycles. The van der Waals surface area contributed by atoms with Crippen LogP contribution in [0.4, 0.5) is 0 Å². The number of carbonyl (C=O) groups excluding carboxylic acids is 1. The normalized spacial score (nSPS) is 24.8. The summed E-state index contributed by atoms with van der Waals surface area (Å²) in [6, 6.07) is 8.18. The molecule has 0 radical (unpaired) electrons. The number of amides is 1. The van der Waals surface area contributed by atoms with Crippen molar-refractivity contribution in [1.29, 1.82) is 0 Å². The molecule has 19 heavy (non-hydrogen) atoms. The Morgan fingerprint density at radius 1 is 1.42 bits per heavy atom. The largest absolute Gasteiger partial charge is 0.349 e. The van der Waals surface area contributed by atoms with Gasteiger partial charge in [-0.25, -0.2) is 0 Å². The molecule has 0 heterocycles. The molecule has 0 bridgehead atoms. The fraction of sp³-hybridized carbons (Fsp3) is 0.533. The molecular formula is C15H21BrN2O. The third-order valence-corrected chi connectivity index (χ3v) is 4.54. The van der Waals surface area contributed by atoms with Crippen molar-refractivity contribution in [2.24, 2.45) is 11.7 Å². The van der Waals surface area contributed by atoms with Gasteiger partial charge in [-0.05, 0) is 37.8 Å². The molecule has 1 saturated carbocycles. The predicted molar refractivity (Wildman–Crippen MR) is 80.6 cm³/mol. The molecule has 3 nitrogen and oxygen atoms in total. The van der Waals surface area contributed by atoms with E-state index in [0.717, 1.165) is 35.7 Å². The Kier molecular flexibility index (Phi) is 4.99. The van der Waals surface area contributed by atoms with Crippen LogP contribution in [0.15, 0.2) is 28.7 Å². The Bertz CT molecular complexity index is 450. The SMILES string of the molecule is CC(NC(=O)C1CCCC(N)C1)c1ccccc1Br. The zero-order chi connectivity index (χ0) is 13.8. The van der Waals surface area contributed by atoms with Crippen molar-refractivity contribution in [3.8, 4) is 0 Å². The van der Waals surface area contributed by atoms with Crippen molar-refractivity contribution in [1.82, 2.24) is 5.32 Å². The van der Waals surface area contributed by atoms with Gasteiger partial charge in [0.25, 0.3) is 0 Å². The van der Waals surface area contributed by atoms with Crippen LogP contribution in [-0.2, 0) is 4.79 Å². The summed E-state index contributed by atoms with van der Waals surface area (Å²) in [7, 11) is 0. The Labute approximate surface area is 123 Å². The number of nitrogens with two attached hydrogens (primary N) is 1. The van der Waals surface area contributed by atoms with Gasteiger partial charge in [0.05, 0.1) is 6.04 Å². The number of halogens is 1. The van der Waals surface area contributed by atoms with E-state index in [1.165, 1.54) is 0 Å². The lowest BCUT2D eigenvalue weighted by molar-refractivity contribution is -0.126. The molecule has 3 N–H and O–H groups in total. The molecule has 0 saturated heterocycles. The van der Waals surface area contributed by atoms with Gasteiger partial charge in [0.2, 0.25) is 5.91 Å². The second-order valence-corrected chi connectivity index (χ2v) is 6.23. The summed E-state index contributed by atoms with van der Waals surface area (Å²) in [5.74, 6) is 0.215. The molecule has 0 aromatic heterocycles. The van der Waals surface area contributed by atoms with Crippen molar-refractivity contribution in [3.05, 3.63) is 34.3 Å². The third-order valence-electron chi connectivity index (χ3n) is 3.82. The summed E-state index contributed by atoms with van der Waals surface area (Å²) in [6.07, 6.45) is 3.88. The van der Waals surface area contributed by atoms with Gasteiger partial charge in [-0.1, -0.05) is 40.5 Å². The third kappa shape index (κ3) is 3.80. The van der Waals surface area contributed by atoms with E-state index in [-0.39, 0.29) is 23.9 Å². The van der Waals surface area contributed by atoms with Crippen LogP contribution in [0, 0.1) is 5.92 Å². The highest BCUT2D eigenvalue weighted by atomic mass is 79.9. The van der Waals surface area contributed by atoms with Crippen LogP contribution < -0.4 is 11.1 Å². The summed E-state index contributed by atoms with van der Waals surface area (Å²) >= 11 is 3.52. The number of benzene rings is 1. The highest BCUT2D eigenvalue weighted by Gasteiger charge is 2.26. The molecule has 0 spiro atoms. The van der Waals surface area contributed by atoms with Crippen LogP contribution in [-0.4, -0.2) is 11.9 Å². The zero-order valence-electron chi connectivity index (χ0n) is 11.2. The standard InChI is InChI=1S/C15H21BrN2O/c1-10(13-7-2-3-8-14(13)16)18-15(19)11-5-4-6-12(17)9-11/h2-3,7-8,10-12H,4-6,9,17H2,1H3,(H,18,19). The van der Waals surface area contributed by atoms with Gasteiger partial charge >= 0.3 is 0 Å². The van der Waals surface area contributed by atoms with E-state index in [0.29, 0.717) is 0 Å². The summed E-state index contributed by atoms with van der Waals surface area (Å²) < 4.78 is 1.03. The minimum Gasteiger partial charge on any atom is -0.349 e. The molecule has 4 heteroatoms. The van der Waals surface area contributed by atoms with Gasteiger partial charge < -0.3 is 11.1 Å². The number of hydrogen-bond donors (Lipinski definition) is 2. The Balaban J connectivity index is 1.97. The van der Waals surface area contributed by atoms with E-state index < -0.39 is 0 Å². The fourth-order valence-electron chi connectivity index (χ4n) is 2.70. The first-order chi connectivity index (χ1) is 9.08. The quantitative estimate of drug-likeness (QED) is 0.897. The molecule has 0 aliphatic heterocycles. The maximum atomic E-state index is 12.3. The lowest BCUT2D eigenvalue weighted by Gasteiger charge is -2.27. The maximum Gasteiger partial charge on any atom is 0.223 e. The van der Waals surface area contributed by atoms with Gasteiger partial charge in [-0.3, -0.25) is 4.79 Å². The van der Waals surface area contributed by atoms with Gasteiger partial charge in [0.1, 0.15) is 0 Å². The molecule has 1 fully saturated rings. The van der Waals surface area contributed by atoms with Crippen molar-refractivity contribution >= 4 is 21.8 Å². The Morgan fingerprint density at radius 3 is 2.84 bits per heavy atom. The minimum atomic E-state index is 0.0150. The fourth-order valence-corrected chi connectivity index (χ4v) is 3.33. The predicted octanol–water partition coefficient (Wildman–Crippen LogP) is 3.14. The molecule has 3 unspecified atom stereocenters. The van der Waals surface area contributed by atoms with Crippen molar-refractivity contribution in [2.75, 3.05) is 0 Å². The molecule has 2 rings (SSSR count). The molecule has 3 atom stereocenters. The number of carbonyl (C=O) groups is 1. The smallest absolute Gasteiger partial charge is 0.223 e. The number of rotatable bonds is 3. The maximum absolute atomic E-state index is 12.3. The molecule has 1 amide bonds. The first-order valence-electron chi connectivity index (χ1n) is 6.88. The first kappa shape index (κ1) is 14.5. The average Bonchev–Trinajstić information content (AvgIpc) is 2.39. The van der Waals surface area contributed by atoms with Crippen LogP contribution >= 0.6 is 15.9 Å². The van der Waals surface area contributed by atoms with Crippen molar-refractivity contribution in [2.45, 2.75) is 44.7 Å². The topological polar surface area (TPSA) is 55.1 Å². The summed E-state index contributed by atoms with van der Waals surface area (Å²) in [5.41, 5.74) is 7.05. The van der Waals surface area contributed by atoms with Gasteiger partial charge in [0.15, 0.2) is 0 Å². The van der Waals surface area contributed by atoms with Gasteiger partial charge in [-0.15, -0.1) is 0 Å².